The molecule has 0 aliphatic heterocycles. The second kappa shape index (κ2) is 7.06. The molecule has 4 nitrogen and oxygen atoms in total. The molecule has 1 aromatic heterocycles. The molecule has 108 valence electrons. The average Bonchev–Trinajstić information content (AvgIpc) is 2.79. The van der Waals surface area contributed by atoms with Gasteiger partial charge >= 0.3 is 0 Å². The van der Waals surface area contributed by atoms with E-state index in [0.29, 0.717) is 18.8 Å². The lowest BCUT2D eigenvalue weighted by Gasteiger charge is -2.29. The first kappa shape index (κ1) is 14.5. The number of hydrogen-bond acceptors (Lipinski definition) is 3. The second-order valence-corrected chi connectivity index (χ2v) is 5.44. The molecular formula is C15H27N3O. The Kier molecular flexibility index (Phi) is 5.40. The van der Waals surface area contributed by atoms with Crippen LogP contribution < -0.4 is 5.32 Å². The molecule has 0 atom stereocenters. The van der Waals surface area contributed by atoms with Gasteiger partial charge < -0.3 is 10.1 Å². The Morgan fingerprint density at radius 2 is 2.05 bits per heavy atom. The normalized spacial score (nSPS) is 23.7. The fraction of sp³-hybridized carbons (Fsp3) is 0.800. The number of ether oxygens (including phenoxy) is 1. The lowest BCUT2D eigenvalue weighted by molar-refractivity contribution is 0.00834. The first-order valence-electron chi connectivity index (χ1n) is 7.61. The Hall–Kier alpha value is -0.870. The van der Waals surface area contributed by atoms with Crippen molar-refractivity contribution in [2.45, 2.75) is 71.8 Å². The maximum atomic E-state index is 6.06. The van der Waals surface area contributed by atoms with Gasteiger partial charge in [-0.25, -0.2) is 0 Å². The van der Waals surface area contributed by atoms with Crippen molar-refractivity contribution >= 4 is 0 Å². The third-order valence-corrected chi connectivity index (χ3v) is 3.92. The van der Waals surface area contributed by atoms with Gasteiger partial charge in [-0.05, 0) is 52.1 Å². The maximum absolute atomic E-state index is 6.06. The van der Waals surface area contributed by atoms with Gasteiger partial charge in [0.1, 0.15) is 0 Å². The molecule has 4 heteroatoms. The summed E-state index contributed by atoms with van der Waals surface area (Å²) in [5.41, 5.74) is 2.28. The summed E-state index contributed by atoms with van der Waals surface area (Å²) in [6.07, 6.45) is 5.26. The summed E-state index contributed by atoms with van der Waals surface area (Å²) in [4.78, 5) is 0. The highest BCUT2D eigenvalue weighted by Crippen LogP contribution is 2.22. The van der Waals surface area contributed by atoms with Gasteiger partial charge in [-0.15, -0.1) is 0 Å². The van der Waals surface area contributed by atoms with Crippen LogP contribution in [0.4, 0.5) is 0 Å². The molecule has 1 aliphatic carbocycles. The van der Waals surface area contributed by atoms with Crippen molar-refractivity contribution in [1.82, 2.24) is 15.1 Å². The van der Waals surface area contributed by atoms with Gasteiger partial charge in [0.15, 0.2) is 0 Å². The summed E-state index contributed by atoms with van der Waals surface area (Å²) < 4.78 is 8.10. The lowest BCUT2D eigenvalue weighted by atomic mass is 9.93. The molecular weight excluding hydrogens is 238 g/mol. The Bertz CT molecular complexity index is 381. The SMILES string of the molecule is CCNC1CCC(OCc2cc(C)nn2CC)CC1. The highest BCUT2D eigenvalue weighted by molar-refractivity contribution is 5.07. The van der Waals surface area contributed by atoms with Crippen molar-refractivity contribution in [3.8, 4) is 0 Å². The van der Waals surface area contributed by atoms with Crippen LogP contribution in [0, 0.1) is 6.92 Å². The molecule has 0 bridgehead atoms. The van der Waals surface area contributed by atoms with Crippen molar-refractivity contribution in [1.29, 1.82) is 0 Å². The molecule has 1 fully saturated rings. The van der Waals surface area contributed by atoms with E-state index in [1.165, 1.54) is 31.4 Å². The Labute approximate surface area is 116 Å². The van der Waals surface area contributed by atoms with Crippen LogP contribution >= 0.6 is 0 Å². The molecule has 1 heterocycles. The molecule has 0 spiro atoms. The second-order valence-electron chi connectivity index (χ2n) is 5.44. The maximum Gasteiger partial charge on any atom is 0.0888 e. The van der Waals surface area contributed by atoms with Crippen molar-refractivity contribution in [2.24, 2.45) is 0 Å². The van der Waals surface area contributed by atoms with E-state index in [9.17, 15) is 0 Å². The predicted molar refractivity (Wildman–Crippen MR) is 77.1 cm³/mol. The highest BCUT2D eigenvalue weighted by atomic mass is 16.5. The molecule has 1 aromatic rings. The fourth-order valence-electron chi connectivity index (χ4n) is 2.91. The topological polar surface area (TPSA) is 39.1 Å². The van der Waals surface area contributed by atoms with Crippen LogP contribution in [0.3, 0.4) is 0 Å². The van der Waals surface area contributed by atoms with Gasteiger partial charge in [0.05, 0.1) is 24.1 Å². The van der Waals surface area contributed by atoms with Crippen LogP contribution in [0.2, 0.25) is 0 Å². The van der Waals surface area contributed by atoms with E-state index >= 15 is 0 Å². The standard InChI is InChI=1S/C15H27N3O/c1-4-16-13-6-8-15(9-7-13)19-11-14-10-12(3)17-18(14)5-2/h10,13,15-16H,4-9,11H2,1-3H3. The molecule has 0 radical (unpaired) electrons. The average molecular weight is 265 g/mol. The van der Waals surface area contributed by atoms with Crippen LogP contribution in [0.15, 0.2) is 6.07 Å². The van der Waals surface area contributed by atoms with Crippen LogP contribution in [0.1, 0.15) is 50.9 Å². The Balaban J connectivity index is 1.77. The molecule has 0 aromatic carbocycles. The summed E-state index contributed by atoms with van der Waals surface area (Å²) >= 11 is 0. The first-order chi connectivity index (χ1) is 9.22. The van der Waals surface area contributed by atoms with Crippen LogP contribution in [-0.2, 0) is 17.9 Å². The zero-order valence-corrected chi connectivity index (χ0v) is 12.5. The third kappa shape index (κ3) is 4.05. The fourth-order valence-corrected chi connectivity index (χ4v) is 2.91. The third-order valence-electron chi connectivity index (χ3n) is 3.92. The van der Waals surface area contributed by atoms with E-state index in [0.717, 1.165) is 18.8 Å². The smallest absolute Gasteiger partial charge is 0.0888 e. The van der Waals surface area contributed by atoms with E-state index < -0.39 is 0 Å². The summed E-state index contributed by atoms with van der Waals surface area (Å²) in [6.45, 7) is 9.03. The number of aromatic nitrogens is 2. The molecule has 1 N–H and O–H groups in total. The molecule has 19 heavy (non-hydrogen) atoms. The van der Waals surface area contributed by atoms with Gasteiger partial charge in [-0.2, -0.15) is 5.10 Å². The quantitative estimate of drug-likeness (QED) is 0.859. The number of nitrogens with zero attached hydrogens (tertiary/aromatic N) is 2. The molecule has 0 amide bonds. The van der Waals surface area contributed by atoms with Crippen LogP contribution in [0.25, 0.3) is 0 Å². The summed E-state index contributed by atoms with van der Waals surface area (Å²) in [7, 11) is 0. The molecule has 0 unspecified atom stereocenters. The predicted octanol–water partition coefficient (Wildman–Crippen LogP) is 2.65. The van der Waals surface area contributed by atoms with Crippen LogP contribution in [-0.4, -0.2) is 28.5 Å². The van der Waals surface area contributed by atoms with E-state index in [4.69, 9.17) is 4.74 Å². The van der Waals surface area contributed by atoms with Crippen molar-refractivity contribution in [3.63, 3.8) is 0 Å². The van der Waals surface area contributed by atoms with Gasteiger partial charge in [-0.1, -0.05) is 6.92 Å². The summed E-state index contributed by atoms with van der Waals surface area (Å²) in [6, 6.07) is 2.83. The Morgan fingerprint density at radius 1 is 1.32 bits per heavy atom. The van der Waals surface area contributed by atoms with Gasteiger partial charge in [0.2, 0.25) is 0 Å². The van der Waals surface area contributed by atoms with Gasteiger partial charge in [0.25, 0.3) is 0 Å². The van der Waals surface area contributed by atoms with Crippen LogP contribution in [0.5, 0.6) is 0 Å². The molecule has 1 aliphatic rings. The van der Waals surface area contributed by atoms with Gasteiger partial charge in [0, 0.05) is 12.6 Å². The first-order valence-corrected chi connectivity index (χ1v) is 7.61. The zero-order chi connectivity index (χ0) is 13.7. The minimum Gasteiger partial charge on any atom is -0.372 e. The van der Waals surface area contributed by atoms with E-state index in [1.807, 2.05) is 11.6 Å². The molecule has 2 rings (SSSR count). The molecule has 1 saturated carbocycles. The largest absolute Gasteiger partial charge is 0.372 e. The zero-order valence-electron chi connectivity index (χ0n) is 12.5. The highest BCUT2D eigenvalue weighted by Gasteiger charge is 2.21. The summed E-state index contributed by atoms with van der Waals surface area (Å²) in [5, 5.41) is 7.99. The lowest BCUT2D eigenvalue weighted by Crippen LogP contribution is -2.35. The Morgan fingerprint density at radius 3 is 2.68 bits per heavy atom. The van der Waals surface area contributed by atoms with Crippen molar-refractivity contribution < 1.29 is 4.74 Å². The number of rotatable bonds is 6. The minimum atomic E-state index is 0.426. The molecule has 0 saturated heterocycles. The summed E-state index contributed by atoms with van der Waals surface area (Å²) in [5.74, 6) is 0. The monoisotopic (exact) mass is 265 g/mol. The number of nitrogens with one attached hydrogen (secondary N) is 1. The van der Waals surface area contributed by atoms with Gasteiger partial charge in [-0.3, -0.25) is 4.68 Å². The number of aryl methyl sites for hydroxylation is 2. The number of hydrogen-bond donors (Lipinski definition) is 1. The van der Waals surface area contributed by atoms with Crippen molar-refractivity contribution in [3.05, 3.63) is 17.5 Å². The van der Waals surface area contributed by atoms with E-state index in [-0.39, 0.29) is 0 Å². The van der Waals surface area contributed by atoms with E-state index in [1.54, 1.807) is 0 Å². The minimum absolute atomic E-state index is 0.426. The van der Waals surface area contributed by atoms with Crippen molar-refractivity contribution in [2.75, 3.05) is 6.54 Å². The van der Waals surface area contributed by atoms with E-state index in [2.05, 4.69) is 30.3 Å².